The maximum Gasteiger partial charge on any atom is 0.318 e. The monoisotopic (exact) mass is 559 g/mol. The predicted molar refractivity (Wildman–Crippen MR) is 149 cm³/mol. The van der Waals surface area contributed by atoms with E-state index in [9.17, 15) is 29.8 Å². The molecular weight excluding hydrogens is 530 g/mol. The molecule has 0 aromatic heterocycles. The Hall–Kier alpha value is -4.80. The minimum Gasteiger partial charge on any atom is -0.493 e. The molecule has 0 radical (unpaired) electrons. The third-order valence-corrected chi connectivity index (χ3v) is 7.88. The molecule has 0 amide bonds. The van der Waals surface area contributed by atoms with Crippen molar-refractivity contribution in [3.05, 3.63) is 96.9 Å². The van der Waals surface area contributed by atoms with E-state index in [4.69, 9.17) is 9.47 Å². The van der Waals surface area contributed by atoms with E-state index in [-0.39, 0.29) is 35.2 Å². The summed E-state index contributed by atoms with van der Waals surface area (Å²) >= 11 is 0. The molecule has 2 aliphatic carbocycles. The van der Waals surface area contributed by atoms with Crippen LogP contribution in [0.4, 0.5) is 11.4 Å². The van der Waals surface area contributed by atoms with Crippen LogP contribution in [0.5, 0.6) is 17.2 Å². The van der Waals surface area contributed by atoms with Crippen molar-refractivity contribution in [2.75, 3.05) is 14.2 Å². The van der Waals surface area contributed by atoms with Gasteiger partial charge in [0, 0.05) is 60.0 Å². The number of benzene rings is 2. The van der Waals surface area contributed by atoms with Gasteiger partial charge in [-0.25, -0.2) is 0 Å². The number of rotatable bonds is 8. The first-order chi connectivity index (χ1) is 19.7. The Morgan fingerprint density at radius 2 is 1.59 bits per heavy atom. The lowest BCUT2D eigenvalue weighted by Gasteiger charge is -2.42. The summed E-state index contributed by atoms with van der Waals surface area (Å²) in [5.74, 6) is -0.331. The summed E-state index contributed by atoms with van der Waals surface area (Å²) in [5.41, 5.74) is 3.35. The van der Waals surface area contributed by atoms with E-state index in [0.717, 1.165) is 49.2 Å². The number of carbonyl (C=O) groups is 2. The van der Waals surface area contributed by atoms with Gasteiger partial charge in [0.25, 0.3) is 5.69 Å². The number of ketones is 2. The molecule has 2 aromatic rings. The standard InChI is InChI=1S/C30H29N3O8/c1-4-7-17-14-18(15-26(40-3)30(17)41-25-13-12-19(32(36)37)16-22(25)33(38)39)27-28-20(8-5-10-23(28)34)31(2)21-9-6-11-24(35)29(21)27/h4,12-16,27H,1,5-11H2,2-3H3. The fourth-order valence-electron chi connectivity index (χ4n) is 6.07. The molecule has 212 valence electrons. The Morgan fingerprint density at radius 3 is 2.12 bits per heavy atom. The fourth-order valence-corrected chi connectivity index (χ4v) is 6.07. The molecule has 2 aromatic carbocycles. The zero-order valence-electron chi connectivity index (χ0n) is 22.8. The third kappa shape index (κ3) is 4.88. The normalized spacial score (nSPS) is 17.3. The largest absolute Gasteiger partial charge is 0.493 e. The molecule has 1 heterocycles. The van der Waals surface area contributed by atoms with Crippen LogP contribution in [0.2, 0.25) is 0 Å². The minimum absolute atomic E-state index is 0.0130. The molecule has 11 heteroatoms. The van der Waals surface area contributed by atoms with Gasteiger partial charge in [-0.05, 0) is 49.8 Å². The van der Waals surface area contributed by atoms with Gasteiger partial charge in [0.15, 0.2) is 23.1 Å². The summed E-state index contributed by atoms with van der Waals surface area (Å²) in [7, 11) is 3.35. The second kappa shape index (κ2) is 11.0. The van der Waals surface area contributed by atoms with Crippen LogP contribution in [0, 0.1) is 20.2 Å². The Bertz CT molecular complexity index is 1530. The third-order valence-electron chi connectivity index (χ3n) is 7.88. The van der Waals surface area contributed by atoms with Crippen molar-refractivity contribution in [1.29, 1.82) is 0 Å². The SMILES string of the molecule is C=CCc1cc(C2C3=C(CCCC3=O)N(C)C3=C2C(=O)CCC3)cc(OC)c1Oc1ccc([N+](=O)[O-])cc1[N+](=O)[O-]. The number of nitro groups is 2. The number of methoxy groups -OCH3 is 1. The van der Waals surface area contributed by atoms with Gasteiger partial charge in [0.1, 0.15) is 0 Å². The number of Topliss-reactive ketones (excluding diaryl/α,β-unsaturated/α-hetero) is 2. The van der Waals surface area contributed by atoms with Crippen molar-refractivity contribution in [2.24, 2.45) is 0 Å². The summed E-state index contributed by atoms with van der Waals surface area (Å²) in [5, 5.41) is 22.9. The average Bonchev–Trinajstić information content (AvgIpc) is 2.95. The van der Waals surface area contributed by atoms with Crippen molar-refractivity contribution < 1.29 is 28.9 Å². The number of nitro benzene ring substituents is 2. The molecule has 0 saturated carbocycles. The number of hydrogen-bond donors (Lipinski definition) is 0. The minimum atomic E-state index is -0.750. The van der Waals surface area contributed by atoms with Crippen LogP contribution in [-0.2, 0) is 16.0 Å². The molecule has 0 fully saturated rings. The lowest BCUT2D eigenvalue weighted by Crippen LogP contribution is -2.37. The van der Waals surface area contributed by atoms with Crippen LogP contribution in [0.1, 0.15) is 55.6 Å². The highest BCUT2D eigenvalue weighted by molar-refractivity contribution is 6.06. The Balaban J connectivity index is 1.69. The molecule has 3 aliphatic rings. The van der Waals surface area contributed by atoms with Crippen LogP contribution in [0.3, 0.4) is 0 Å². The second-order valence-electron chi connectivity index (χ2n) is 10.2. The second-order valence-corrected chi connectivity index (χ2v) is 10.2. The van der Waals surface area contributed by atoms with Crippen LogP contribution < -0.4 is 9.47 Å². The Labute approximate surface area is 236 Å². The highest BCUT2D eigenvalue weighted by Crippen LogP contribution is 2.51. The molecule has 0 atom stereocenters. The summed E-state index contributed by atoms with van der Waals surface area (Å²) in [6.07, 6.45) is 5.70. The number of hydrogen-bond acceptors (Lipinski definition) is 9. The van der Waals surface area contributed by atoms with Crippen molar-refractivity contribution >= 4 is 22.9 Å². The maximum absolute atomic E-state index is 13.4. The molecule has 41 heavy (non-hydrogen) atoms. The van der Waals surface area contributed by atoms with Crippen LogP contribution in [0.15, 0.2) is 65.5 Å². The lowest BCUT2D eigenvalue weighted by atomic mass is 9.71. The van der Waals surface area contributed by atoms with Crippen molar-refractivity contribution in [3.8, 4) is 17.2 Å². The molecular formula is C30H29N3O8. The first kappa shape index (κ1) is 27.8. The molecule has 11 nitrogen and oxygen atoms in total. The molecule has 0 spiro atoms. The summed E-state index contributed by atoms with van der Waals surface area (Å²) in [4.78, 5) is 50.3. The summed E-state index contributed by atoms with van der Waals surface area (Å²) in [6.45, 7) is 3.83. The molecule has 5 rings (SSSR count). The number of carbonyl (C=O) groups excluding carboxylic acids is 2. The summed E-state index contributed by atoms with van der Waals surface area (Å²) < 4.78 is 11.7. The van der Waals surface area contributed by atoms with Gasteiger partial charge in [-0.2, -0.15) is 0 Å². The van der Waals surface area contributed by atoms with E-state index >= 15 is 0 Å². The van der Waals surface area contributed by atoms with E-state index in [0.29, 0.717) is 35.1 Å². The van der Waals surface area contributed by atoms with Crippen molar-refractivity contribution in [1.82, 2.24) is 4.90 Å². The number of nitrogens with zero attached hydrogens (tertiary/aromatic N) is 3. The van der Waals surface area contributed by atoms with Gasteiger partial charge >= 0.3 is 5.69 Å². The number of ether oxygens (including phenoxy) is 2. The van der Waals surface area contributed by atoms with E-state index in [1.54, 1.807) is 12.1 Å². The van der Waals surface area contributed by atoms with Crippen molar-refractivity contribution in [3.63, 3.8) is 0 Å². The quantitative estimate of drug-likeness (QED) is 0.214. The van der Waals surface area contributed by atoms with Crippen molar-refractivity contribution in [2.45, 2.75) is 50.9 Å². The average molecular weight is 560 g/mol. The topological polar surface area (TPSA) is 142 Å². The molecule has 0 unspecified atom stereocenters. The highest BCUT2D eigenvalue weighted by atomic mass is 16.6. The molecule has 1 aliphatic heterocycles. The fraction of sp³-hybridized carbons (Fsp3) is 0.333. The van der Waals surface area contributed by atoms with E-state index in [2.05, 4.69) is 6.58 Å². The van der Waals surface area contributed by atoms with E-state index in [1.165, 1.54) is 13.2 Å². The van der Waals surface area contributed by atoms with Gasteiger partial charge in [-0.15, -0.1) is 6.58 Å². The number of allylic oxidation sites excluding steroid dienone is 5. The number of non-ortho nitro benzene ring substituents is 1. The van der Waals surface area contributed by atoms with Crippen LogP contribution >= 0.6 is 0 Å². The van der Waals surface area contributed by atoms with Crippen LogP contribution in [-0.4, -0.2) is 40.5 Å². The van der Waals surface area contributed by atoms with Gasteiger partial charge < -0.3 is 14.4 Å². The maximum atomic E-state index is 13.4. The van der Waals surface area contributed by atoms with E-state index in [1.807, 2.05) is 18.0 Å². The molecule has 0 N–H and O–H groups in total. The zero-order valence-corrected chi connectivity index (χ0v) is 22.8. The highest BCUT2D eigenvalue weighted by Gasteiger charge is 2.42. The Kier molecular flexibility index (Phi) is 7.44. The smallest absolute Gasteiger partial charge is 0.318 e. The van der Waals surface area contributed by atoms with Gasteiger partial charge in [-0.3, -0.25) is 29.8 Å². The first-order valence-corrected chi connectivity index (χ1v) is 13.3. The van der Waals surface area contributed by atoms with Gasteiger partial charge in [0.2, 0.25) is 5.75 Å². The predicted octanol–water partition coefficient (Wildman–Crippen LogP) is 6.08. The van der Waals surface area contributed by atoms with Gasteiger partial charge in [-0.1, -0.05) is 12.1 Å². The molecule has 0 saturated heterocycles. The van der Waals surface area contributed by atoms with Gasteiger partial charge in [0.05, 0.1) is 23.0 Å². The molecule has 0 bridgehead atoms. The van der Waals surface area contributed by atoms with Crippen LogP contribution in [0.25, 0.3) is 0 Å². The lowest BCUT2D eigenvalue weighted by molar-refractivity contribution is -0.394. The summed E-state index contributed by atoms with van der Waals surface area (Å²) in [6, 6.07) is 6.67. The first-order valence-electron chi connectivity index (χ1n) is 13.3. The Morgan fingerprint density at radius 1 is 0.951 bits per heavy atom. The zero-order chi connectivity index (χ0) is 29.4. The van der Waals surface area contributed by atoms with E-state index < -0.39 is 27.1 Å².